The molecule has 0 spiro atoms. The van der Waals surface area contributed by atoms with Crippen LogP contribution in [0.4, 0.5) is 28.4 Å². The fourth-order valence-corrected chi connectivity index (χ4v) is 12.8. The van der Waals surface area contributed by atoms with Crippen LogP contribution in [0.1, 0.15) is 26.7 Å². The fourth-order valence-electron chi connectivity index (χ4n) is 9.22. The number of aromatic hydroxyl groups is 1. The summed E-state index contributed by atoms with van der Waals surface area (Å²) in [6, 6.07) is 18.0. The number of nitrogens with two attached hydrogens (primary N) is 3. The number of aromatic nitrogens is 13. The number of carbonyl (C=O) groups is 2. The van der Waals surface area contributed by atoms with Gasteiger partial charge in [0, 0.05) is 68.0 Å². The highest BCUT2D eigenvalue weighted by Gasteiger charge is 2.28. The summed E-state index contributed by atoms with van der Waals surface area (Å²) in [7, 11) is 22.3. The summed E-state index contributed by atoms with van der Waals surface area (Å²) in [6.07, 6.45) is 2.69. The number of nitrogens with one attached hydrogen (secondary N) is 1. The number of nitrogens with zero attached hydrogens (tertiary/aromatic N) is 17. The number of nitro groups is 4. The van der Waals surface area contributed by atoms with E-state index in [4.69, 9.17) is 139 Å². The van der Waals surface area contributed by atoms with Gasteiger partial charge >= 0.3 is 22.7 Å². The third kappa shape index (κ3) is 44.1. The minimum absolute atomic E-state index is 0.0247. The molecule has 0 aliphatic carbocycles. The van der Waals surface area contributed by atoms with Crippen molar-refractivity contribution in [2.45, 2.75) is 0 Å². The first kappa shape index (κ1) is 127. The second-order valence-corrected chi connectivity index (χ2v) is 30.8. The molecule has 0 saturated carbocycles. The third-order valence-electron chi connectivity index (χ3n) is 15.8. The molecule has 11 rings (SSSR count). The predicted octanol–water partition coefficient (Wildman–Crippen LogP) is 11.7. The van der Waals surface area contributed by atoms with Crippen LogP contribution in [0.5, 0.6) is 87.0 Å². The average molecular weight is 2500 g/mol. The molecule has 0 radical (unpaired) electrons. The summed E-state index contributed by atoms with van der Waals surface area (Å²) in [4.78, 5) is 124. The smallest absolute Gasteiger partial charge is 0.309 e. The van der Waals surface area contributed by atoms with Crippen molar-refractivity contribution in [3.8, 4) is 93.1 Å². The molecular formula is C81H95Br7ClN21O34. The lowest BCUT2D eigenvalue weighted by atomic mass is 10.2. The van der Waals surface area contributed by atoms with Crippen LogP contribution in [0.3, 0.4) is 0 Å². The van der Waals surface area contributed by atoms with Gasteiger partial charge in [0.1, 0.15) is 91.8 Å². The molecule has 2 amide bonds. The van der Waals surface area contributed by atoms with Crippen molar-refractivity contribution in [2.75, 3.05) is 205 Å². The van der Waals surface area contributed by atoms with E-state index >= 15 is 0 Å². The van der Waals surface area contributed by atoms with Gasteiger partial charge in [0.25, 0.3) is 52.7 Å². The molecule has 0 aliphatic heterocycles. The highest BCUT2D eigenvalue weighted by atomic mass is 79.9. The number of amides is 2. The molecule has 11 aromatic heterocycles. The Bertz CT molecular complexity index is 6070. The summed E-state index contributed by atoms with van der Waals surface area (Å²) in [5.74, 6) is 1.97. The Labute approximate surface area is 882 Å². The fraction of sp³-hybridized carbons (Fsp3) is 0.358. The van der Waals surface area contributed by atoms with Crippen molar-refractivity contribution in [3.05, 3.63) is 185 Å². The van der Waals surface area contributed by atoms with Gasteiger partial charge in [-0.15, -0.1) is 0 Å². The molecule has 11 heterocycles. The number of methoxy groups -OCH3 is 15. The van der Waals surface area contributed by atoms with Crippen molar-refractivity contribution in [1.82, 2.24) is 64.8 Å². The zero-order valence-corrected chi connectivity index (χ0v) is 90.6. The van der Waals surface area contributed by atoms with Crippen molar-refractivity contribution < 1.29 is 139 Å². The molecule has 9 N–H and O–H groups in total. The average Bonchev–Trinajstić information content (AvgIpc) is 0.801. The first-order valence-electron chi connectivity index (χ1n) is 39.5. The van der Waals surface area contributed by atoms with E-state index in [-0.39, 0.29) is 146 Å². The number of aliphatic hydroxyl groups excluding tert-OH is 1. The van der Waals surface area contributed by atoms with Gasteiger partial charge in [-0.25, -0.2) is 44.9 Å². The summed E-state index contributed by atoms with van der Waals surface area (Å²) < 4.78 is 109. The van der Waals surface area contributed by atoms with E-state index in [0.717, 1.165) is 22.5 Å². The number of hydrogen-bond acceptors (Lipinski definition) is 48. The summed E-state index contributed by atoms with van der Waals surface area (Å²) >= 11 is 27.7. The molecule has 0 aliphatic rings. The number of hydrogen-bond donors (Lipinski definition) is 6. The molecule has 0 unspecified atom stereocenters. The number of primary amides is 2. The maximum absolute atomic E-state index is 11.6. The van der Waals surface area contributed by atoms with Crippen LogP contribution < -0.4 is 89.1 Å². The summed E-state index contributed by atoms with van der Waals surface area (Å²) in [5.41, 5.74) is 15.2. The largest absolute Gasteiger partial charge is 0.505 e. The quantitative estimate of drug-likeness (QED) is 0.00683. The van der Waals surface area contributed by atoms with E-state index in [0.29, 0.717) is 117 Å². The SMILES string of the molecule is COCCO.COCCOc1nc(Br)c([N+](=O)[O-])cc1OC.COCCOc1nc(C#N)c([N+](=O)[O-])cc1OC.COCCOc1nc(C(N)=O)c(N)cc1OC.COCCOc1nc(C(N)=O)c([N+](=O)[O-])cc1OC.COCCOc1nc2c(=O)[nH]cnc2cc1OC.COCCOc1nc2c(Cl)ncnc2cc1OC.COc1cc([N+](=O)[O-])c(Br)nc1Br.COc1ccc(Br)nc1Br.Oc1ccc(Br)nc1Br. The number of carbonyl (C=O) groups excluding carboxylic acids is 2. The zero-order chi connectivity index (χ0) is 108. The standard InChI is InChI=1S/C11H12ClN3O3.C11H13N3O4.C10H13N3O6.C10H11N3O5.C10H15N3O4.C9H11BrN2O5.C6H4Br2N2O3.C6H5Br2NO.C5H3Br2NO.C3H8O2/c1-16-3-4-18-11-8(17-2)5-7-9(15-11)10(12)14-6-13-7;1-16-3-4-18-11-8(17-2)5-7-9(14-11)10(15)13-6-12-7;1-17-3-4-19-10-7(18-2)5-6(13(15)16)8(12-10)9(11)14;1-16-3-4-18-10-9(17-2)5-8(13(14)15)7(6-11)12-10;1-15-3-4-17-10-7(16-2)5-6(11)8(13-10)9(12)14;1-15-3-4-17-9-7(16-2)5-6(12(13)14)8(10)11-9;1-13-4-2-3(10(11)12)5(7)9-6(4)8;1-10-4-2-3-5(7)9-6(4)8;6-4-2-1-3(9)5(7)8-4;1-5-3-2-4/h5-6H,3-4H2,1-2H3;5-6H,3-4H2,1-2H3,(H,12,13,15);5H,3-4H2,1-2H3,(H2,11,14);5H,3-4H2,1-2H3;5H,3-4,11H2,1-2H3,(H2,12,14);5H,3-4H2,1-2H3;2H,1H3;2-3H,1H3;1-2,9H;4H,2-3H2,1H3. The Morgan fingerprint density at radius 3 is 1.11 bits per heavy atom. The molecule has 0 atom stereocenters. The Morgan fingerprint density at radius 2 is 0.736 bits per heavy atom. The lowest BCUT2D eigenvalue weighted by molar-refractivity contribution is -0.386. The molecule has 784 valence electrons. The molecule has 0 aromatic carbocycles. The predicted molar refractivity (Wildman–Crippen MR) is 536 cm³/mol. The topological polar surface area (TPSA) is 730 Å². The van der Waals surface area contributed by atoms with E-state index in [2.05, 4.69) is 181 Å². The number of pyridine rings is 9. The first-order chi connectivity index (χ1) is 68.8. The van der Waals surface area contributed by atoms with Crippen LogP contribution in [-0.4, -0.2) is 306 Å². The maximum atomic E-state index is 11.6. The minimum atomic E-state index is -1.02. The van der Waals surface area contributed by atoms with Gasteiger partial charge in [0.2, 0.25) is 11.4 Å². The van der Waals surface area contributed by atoms with Crippen LogP contribution in [0.25, 0.3) is 22.1 Å². The van der Waals surface area contributed by atoms with Crippen LogP contribution in [-0.2, 0) is 33.2 Å². The van der Waals surface area contributed by atoms with Crippen LogP contribution in [0, 0.1) is 51.8 Å². The van der Waals surface area contributed by atoms with Gasteiger partial charge in [0.15, 0.2) is 71.6 Å². The van der Waals surface area contributed by atoms with E-state index in [1.165, 1.54) is 94.8 Å². The van der Waals surface area contributed by atoms with Gasteiger partial charge in [-0.3, -0.25) is 54.8 Å². The number of anilines is 1. The van der Waals surface area contributed by atoms with Crippen molar-refractivity contribution in [3.63, 3.8) is 0 Å². The number of aromatic amines is 1. The molecule has 0 fully saturated rings. The number of nitrogen functional groups attached to an aromatic ring is 1. The molecule has 0 saturated heterocycles. The molecular weight excluding hydrogens is 2410 g/mol. The van der Waals surface area contributed by atoms with Gasteiger partial charge in [-0.1, -0.05) is 11.6 Å². The number of fused-ring (bicyclic) bond motifs is 2. The number of rotatable bonds is 40. The van der Waals surface area contributed by atoms with Crippen LogP contribution in [0.15, 0.2) is 116 Å². The normalized spacial score (nSPS) is 9.97. The van der Waals surface area contributed by atoms with E-state index in [1.807, 2.05) is 12.1 Å². The molecule has 144 heavy (non-hydrogen) atoms. The number of halogens is 8. The monoisotopic (exact) mass is 2490 g/mol. The van der Waals surface area contributed by atoms with Crippen molar-refractivity contribution >= 4 is 185 Å². The Morgan fingerprint density at radius 1 is 0.396 bits per heavy atom. The first-order valence-corrected chi connectivity index (χ1v) is 45.4. The van der Waals surface area contributed by atoms with E-state index < -0.39 is 48.6 Å². The highest BCUT2D eigenvalue weighted by molar-refractivity contribution is 9.11. The number of ether oxygens (including phenoxy) is 21. The third-order valence-corrected chi connectivity index (χ3v) is 19.9. The summed E-state index contributed by atoms with van der Waals surface area (Å²) in [6.45, 7) is 4.44. The molecule has 11 aromatic rings. The lowest BCUT2D eigenvalue weighted by Crippen LogP contribution is -2.17. The second kappa shape index (κ2) is 70.6. The number of H-pyrrole nitrogens is 1. The Hall–Kier alpha value is -13.0. The van der Waals surface area contributed by atoms with Crippen molar-refractivity contribution in [2.24, 2.45) is 11.5 Å². The Kier molecular flexibility index (Phi) is 62.3. The molecule has 0 bridgehead atoms. The Balaban J connectivity index is 0.000000548. The van der Waals surface area contributed by atoms with Gasteiger partial charge in [-0.2, -0.15) is 20.2 Å². The van der Waals surface area contributed by atoms with E-state index in [9.17, 15) is 54.8 Å². The minimum Gasteiger partial charge on any atom is -0.505 e. The van der Waals surface area contributed by atoms with Crippen molar-refractivity contribution in [1.29, 1.82) is 5.26 Å². The van der Waals surface area contributed by atoms with Crippen LogP contribution in [0.2, 0.25) is 5.15 Å². The maximum Gasteiger partial charge on any atom is 0.309 e. The van der Waals surface area contributed by atoms with Gasteiger partial charge < -0.3 is 132 Å². The highest BCUT2D eigenvalue weighted by Crippen LogP contribution is 2.39. The molecule has 55 nitrogen and oxygen atoms in total. The van der Waals surface area contributed by atoms with Crippen LogP contribution >= 0.6 is 123 Å². The lowest BCUT2D eigenvalue weighted by Gasteiger charge is -2.11. The molecule has 63 heteroatoms. The second-order valence-electron chi connectivity index (χ2n) is 25.1. The zero-order valence-electron chi connectivity index (χ0n) is 78.7. The van der Waals surface area contributed by atoms with E-state index in [1.54, 1.807) is 73.0 Å². The number of nitriles is 1. The number of aliphatic hydroxyl groups is 1. The van der Waals surface area contributed by atoms with Gasteiger partial charge in [-0.05, 0) is 136 Å². The summed E-state index contributed by atoms with van der Waals surface area (Å²) in [5, 5.41) is 68.6. The van der Waals surface area contributed by atoms with Gasteiger partial charge in [0.05, 0.1) is 171 Å².